The summed E-state index contributed by atoms with van der Waals surface area (Å²) in [6.07, 6.45) is 2.11. The molecule has 4 amide bonds. The minimum atomic E-state index is -4.12. The molecule has 15 nitrogen and oxygen atoms in total. The van der Waals surface area contributed by atoms with Gasteiger partial charge >= 0.3 is 12.0 Å². The lowest BCUT2D eigenvalue weighted by molar-refractivity contribution is -0.142. The molecule has 0 aromatic heterocycles. The molecule has 3 aromatic rings. The lowest BCUT2D eigenvalue weighted by atomic mass is 10.0. The van der Waals surface area contributed by atoms with E-state index in [4.69, 9.17) is 11.1 Å². The highest BCUT2D eigenvalue weighted by molar-refractivity contribution is 7.89. The van der Waals surface area contributed by atoms with E-state index in [0.29, 0.717) is 48.4 Å². The number of sulfonamides is 1. The molecule has 1 aliphatic rings. The zero-order chi connectivity index (χ0) is 35.4. The Morgan fingerprint density at radius 3 is 2.12 bits per heavy atom. The van der Waals surface area contributed by atoms with Crippen molar-refractivity contribution in [3.8, 4) is 0 Å². The number of guanidine groups is 1. The molecule has 9 N–H and O–H groups in total. The average Bonchev–Trinajstić information content (AvgIpc) is 3.57. The molecule has 3 aromatic carbocycles. The van der Waals surface area contributed by atoms with E-state index < -0.39 is 40.0 Å². The number of carbonyl (C=O) groups excluding carboxylic acids is 3. The van der Waals surface area contributed by atoms with Crippen LogP contribution in [0.25, 0.3) is 0 Å². The maximum Gasteiger partial charge on any atom is 0.326 e. The van der Waals surface area contributed by atoms with Crippen molar-refractivity contribution in [1.29, 1.82) is 5.41 Å². The summed E-state index contributed by atoms with van der Waals surface area (Å²) in [5.41, 5.74) is 7.28. The summed E-state index contributed by atoms with van der Waals surface area (Å²) >= 11 is 0. The number of anilines is 3. The molecule has 1 saturated heterocycles. The van der Waals surface area contributed by atoms with Gasteiger partial charge in [0.1, 0.15) is 12.1 Å². The second-order valence-corrected chi connectivity index (χ2v) is 13.3. The van der Waals surface area contributed by atoms with Crippen LogP contribution in [0.1, 0.15) is 37.7 Å². The first-order valence-corrected chi connectivity index (χ1v) is 17.1. The Balaban J connectivity index is 1.31. The molecule has 0 bridgehead atoms. The van der Waals surface area contributed by atoms with Crippen molar-refractivity contribution in [1.82, 2.24) is 14.9 Å². The first-order chi connectivity index (χ1) is 23.4. The van der Waals surface area contributed by atoms with Crippen molar-refractivity contribution < 1.29 is 32.7 Å². The van der Waals surface area contributed by atoms with Crippen LogP contribution >= 0.6 is 0 Å². The third kappa shape index (κ3) is 10.8. The van der Waals surface area contributed by atoms with E-state index in [2.05, 4.69) is 26.6 Å². The van der Waals surface area contributed by atoms with Crippen LogP contribution < -0.4 is 32.3 Å². The minimum absolute atomic E-state index is 0.0652. The molecule has 4 rings (SSSR count). The Hall–Kier alpha value is -5.48. The van der Waals surface area contributed by atoms with Gasteiger partial charge in [-0.15, -0.1) is 0 Å². The van der Waals surface area contributed by atoms with Gasteiger partial charge in [-0.1, -0.05) is 30.3 Å². The van der Waals surface area contributed by atoms with Crippen molar-refractivity contribution in [2.45, 2.75) is 55.5 Å². The van der Waals surface area contributed by atoms with Gasteiger partial charge in [0.05, 0.1) is 4.90 Å². The maximum absolute atomic E-state index is 13.5. The zero-order valence-corrected chi connectivity index (χ0v) is 27.5. The van der Waals surface area contributed by atoms with Crippen molar-refractivity contribution in [3.63, 3.8) is 0 Å². The summed E-state index contributed by atoms with van der Waals surface area (Å²) in [7, 11) is -4.12. The lowest BCUT2D eigenvalue weighted by Crippen LogP contribution is -2.51. The average molecular weight is 693 g/mol. The highest BCUT2D eigenvalue weighted by Gasteiger charge is 2.40. The second-order valence-electron chi connectivity index (χ2n) is 11.4. The fourth-order valence-electron chi connectivity index (χ4n) is 5.24. The van der Waals surface area contributed by atoms with E-state index in [-0.39, 0.29) is 42.6 Å². The van der Waals surface area contributed by atoms with Crippen molar-refractivity contribution in [2.75, 3.05) is 29.0 Å². The standard InChI is InChI=1S/C33H40N8O7S/c34-32(35)36-19-5-4-10-29(42)37-24-13-11-22(12-14-24)21-27(31(44)45)40-30(43)28-9-6-20-41(28)49(47,48)26-17-15-25(16-18-26)39-33(46)38-23-7-2-1-3-8-23/h1-3,7-8,11-18,27-28H,4-6,9-10,19-21H2,(H,37,42)(H,40,43)(H,44,45)(H4,34,35,36)(H2,38,39,46)/t27-,28-/m0/s1. The molecule has 2 atom stereocenters. The van der Waals surface area contributed by atoms with Crippen LogP contribution in [-0.2, 0) is 30.8 Å². The van der Waals surface area contributed by atoms with Crippen molar-refractivity contribution >= 4 is 56.9 Å². The van der Waals surface area contributed by atoms with Gasteiger partial charge in [-0.2, -0.15) is 4.31 Å². The number of nitrogens with one attached hydrogen (secondary N) is 6. The topological polar surface area (TPSA) is 236 Å². The summed E-state index contributed by atoms with van der Waals surface area (Å²) in [5, 5.41) is 30.2. The van der Waals surface area contributed by atoms with E-state index >= 15 is 0 Å². The predicted molar refractivity (Wildman–Crippen MR) is 185 cm³/mol. The molecule has 1 fully saturated rings. The number of para-hydroxylation sites is 1. The second kappa shape index (κ2) is 17.1. The fourth-order valence-corrected chi connectivity index (χ4v) is 6.89. The molecular weight excluding hydrogens is 652 g/mol. The number of nitrogens with zero attached hydrogens (tertiary/aromatic N) is 1. The van der Waals surface area contributed by atoms with Crippen LogP contribution in [0.3, 0.4) is 0 Å². The number of nitrogens with two attached hydrogens (primary N) is 1. The van der Waals surface area contributed by atoms with Crippen LogP contribution in [0, 0.1) is 5.41 Å². The molecular formula is C33H40N8O7S. The van der Waals surface area contributed by atoms with Crippen LogP contribution in [0.15, 0.2) is 83.8 Å². The molecule has 49 heavy (non-hydrogen) atoms. The Labute approximate surface area is 284 Å². The SMILES string of the molecule is N=C(N)NCCCCC(=O)Nc1ccc(C[C@H](NC(=O)[C@@H]2CCCN2S(=O)(=O)c2ccc(NC(=O)Nc3ccccc3)cc2)C(=O)O)cc1. The van der Waals surface area contributed by atoms with E-state index in [9.17, 15) is 32.7 Å². The highest BCUT2D eigenvalue weighted by atomic mass is 32.2. The summed E-state index contributed by atoms with van der Waals surface area (Å²) in [6.45, 7) is 0.581. The summed E-state index contributed by atoms with van der Waals surface area (Å²) in [4.78, 5) is 49.8. The van der Waals surface area contributed by atoms with Crippen LogP contribution in [0.4, 0.5) is 21.9 Å². The Kier molecular flexibility index (Phi) is 12.7. The number of unbranched alkanes of at least 4 members (excludes halogenated alkanes) is 1. The molecule has 1 heterocycles. The molecule has 0 unspecified atom stereocenters. The number of aliphatic carboxylic acids is 1. The van der Waals surface area contributed by atoms with E-state index in [1.54, 1.807) is 48.5 Å². The van der Waals surface area contributed by atoms with Gasteiger partial charge in [-0.25, -0.2) is 18.0 Å². The Morgan fingerprint density at radius 1 is 0.878 bits per heavy atom. The van der Waals surface area contributed by atoms with Gasteiger partial charge in [0.2, 0.25) is 21.8 Å². The summed E-state index contributed by atoms with van der Waals surface area (Å²) < 4.78 is 28.2. The normalized spacial score (nSPS) is 15.1. The smallest absolute Gasteiger partial charge is 0.326 e. The molecule has 0 aliphatic carbocycles. The Morgan fingerprint density at radius 2 is 1.49 bits per heavy atom. The number of carboxylic acids is 1. The number of urea groups is 1. The van der Waals surface area contributed by atoms with Gasteiger partial charge in [-0.3, -0.25) is 15.0 Å². The monoisotopic (exact) mass is 692 g/mol. The largest absolute Gasteiger partial charge is 0.480 e. The van der Waals surface area contributed by atoms with Gasteiger partial charge in [-0.05, 0) is 79.8 Å². The maximum atomic E-state index is 13.5. The predicted octanol–water partition coefficient (Wildman–Crippen LogP) is 2.89. The van der Waals surface area contributed by atoms with Crippen LogP contribution in [0.5, 0.6) is 0 Å². The van der Waals surface area contributed by atoms with Crippen molar-refractivity contribution in [2.24, 2.45) is 5.73 Å². The first kappa shape index (κ1) is 36.4. The third-order valence-electron chi connectivity index (χ3n) is 7.69. The fraction of sp³-hybridized carbons (Fsp3) is 0.303. The highest BCUT2D eigenvalue weighted by Crippen LogP contribution is 2.27. The lowest BCUT2D eigenvalue weighted by Gasteiger charge is -2.25. The molecule has 0 radical (unpaired) electrons. The number of rotatable bonds is 15. The van der Waals surface area contributed by atoms with Gasteiger partial charge in [0.25, 0.3) is 0 Å². The third-order valence-corrected chi connectivity index (χ3v) is 9.62. The van der Waals surface area contributed by atoms with Crippen LogP contribution in [0.2, 0.25) is 0 Å². The van der Waals surface area contributed by atoms with E-state index in [1.165, 1.54) is 24.3 Å². The molecule has 16 heteroatoms. The van der Waals surface area contributed by atoms with Crippen molar-refractivity contribution in [3.05, 3.63) is 84.4 Å². The van der Waals surface area contributed by atoms with Gasteiger partial charge in [0, 0.05) is 43.0 Å². The zero-order valence-electron chi connectivity index (χ0n) is 26.6. The number of hydrogen-bond donors (Lipinski definition) is 8. The molecule has 260 valence electrons. The summed E-state index contributed by atoms with van der Waals surface area (Å²) in [6, 6.07) is 18.0. The Bertz CT molecular complexity index is 1740. The molecule has 0 saturated carbocycles. The van der Waals surface area contributed by atoms with Crippen LogP contribution in [-0.4, -0.2) is 72.8 Å². The van der Waals surface area contributed by atoms with Gasteiger partial charge < -0.3 is 37.4 Å². The molecule has 1 aliphatic heterocycles. The number of carboxylic acid groups (broad SMARTS) is 1. The quantitative estimate of drug-likeness (QED) is 0.0663. The van der Waals surface area contributed by atoms with E-state index in [1.807, 2.05) is 6.07 Å². The summed E-state index contributed by atoms with van der Waals surface area (Å²) in [5.74, 6) is -2.31. The minimum Gasteiger partial charge on any atom is -0.480 e. The molecule has 0 spiro atoms. The number of hydrogen-bond acceptors (Lipinski definition) is 7. The van der Waals surface area contributed by atoms with Gasteiger partial charge in [0.15, 0.2) is 5.96 Å². The number of benzene rings is 3. The number of amides is 4. The first-order valence-electron chi connectivity index (χ1n) is 15.7. The van der Waals surface area contributed by atoms with E-state index in [0.717, 1.165) is 4.31 Å². The number of carbonyl (C=O) groups is 4.